The van der Waals surface area contributed by atoms with Gasteiger partial charge in [-0.05, 0) is 57.4 Å². The van der Waals surface area contributed by atoms with Gasteiger partial charge in [0.1, 0.15) is 11.2 Å². The highest BCUT2D eigenvalue weighted by Gasteiger charge is 2.47. The zero-order chi connectivity index (χ0) is 20.5. The highest BCUT2D eigenvalue weighted by Crippen LogP contribution is 2.42. The van der Waals surface area contributed by atoms with Crippen LogP contribution in [0, 0.1) is 5.92 Å². The summed E-state index contributed by atoms with van der Waals surface area (Å²) in [6.45, 7) is 6.05. The van der Waals surface area contributed by atoms with Crippen molar-refractivity contribution >= 4 is 12.0 Å². The number of rotatable bonds is 11. The molecule has 1 fully saturated rings. The molecule has 1 aromatic rings. The van der Waals surface area contributed by atoms with Gasteiger partial charge in [0.25, 0.3) is 0 Å². The van der Waals surface area contributed by atoms with Crippen molar-refractivity contribution < 1.29 is 19.7 Å². The van der Waals surface area contributed by atoms with Gasteiger partial charge in [-0.25, -0.2) is 9.78 Å². The lowest BCUT2D eigenvalue weighted by atomic mass is 9.82. The molecule has 1 aliphatic heterocycles. The van der Waals surface area contributed by atoms with Crippen molar-refractivity contribution in [2.45, 2.75) is 76.9 Å². The summed E-state index contributed by atoms with van der Waals surface area (Å²) >= 11 is 0. The second kappa shape index (κ2) is 10.6. The zero-order valence-corrected chi connectivity index (χ0v) is 17.4. The Morgan fingerprint density at radius 3 is 2.43 bits per heavy atom. The van der Waals surface area contributed by atoms with Crippen LogP contribution in [-0.4, -0.2) is 22.3 Å². The van der Waals surface area contributed by atoms with Crippen LogP contribution in [0.25, 0.3) is 6.08 Å². The molecule has 0 radical (unpaired) electrons. The number of carboxylic acids is 1. The van der Waals surface area contributed by atoms with E-state index in [2.05, 4.69) is 55.5 Å². The fourth-order valence-electron chi connectivity index (χ4n) is 4.00. The minimum absolute atomic E-state index is 0.0293. The molecule has 4 nitrogen and oxygen atoms in total. The predicted molar refractivity (Wildman–Crippen MR) is 113 cm³/mol. The van der Waals surface area contributed by atoms with E-state index in [4.69, 9.17) is 14.9 Å². The summed E-state index contributed by atoms with van der Waals surface area (Å²) in [5, 5.41) is 9.02. The highest BCUT2D eigenvalue weighted by atomic mass is 17.2. The number of aliphatic carboxylic acids is 1. The minimum atomic E-state index is -0.854. The first kappa shape index (κ1) is 22.4. The van der Waals surface area contributed by atoms with E-state index in [0.717, 1.165) is 32.1 Å². The van der Waals surface area contributed by atoms with Crippen molar-refractivity contribution in [3.05, 3.63) is 54.1 Å². The van der Waals surface area contributed by atoms with Crippen LogP contribution in [0.5, 0.6) is 0 Å². The fraction of sp³-hybridized carbons (Fsp3) is 0.542. The van der Waals surface area contributed by atoms with Crippen molar-refractivity contribution in [2.24, 2.45) is 5.92 Å². The molecule has 1 aliphatic rings. The average molecular weight is 387 g/mol. The van der Waals surface area contributed by atoms with Crippen molar-refractivity contribution in [1.29, 1.82) is 0 Å². The predicted octanol–water partition coefficient (Wildman–Crippen LogP) is 6.19. The van der Waals surface area contributed by atoms with E-state index in [-0.39, 0.29) is 6.42 Å². The lowest BCUT2D eigenvalue weighted by Crippen LogP contribution is -2.31. The van der Waals surface area contributed by atoms with Crippen molar-refractivity contribution in [1.82, 2.24) is 0 Å². The Hall–Kier alpha value is -1.91. The second-order valence-corrected chi connectivity index (χ2v) is 8.56. The molecule has 1 heterocycles. The number of unbranched alkanes of at least 4 members (excludes halogenated alkanes) is 1. The van der Waals surface area contributed by atoms with E-state index in [1.807, 2.05) is 19.9 Å². The first-order valence-corrected chi connectivity index (χ1v) is 10.3. The molecule has 0 spiro atoms. The van der Waals surface area contributed by atoms with Crippen LogP contribution in [0.3, 0.4) is 0 Å². The molecule has 1 aromatic carbocycles. The minimum Gasteiger partial charge on any atom is -0.481 e. The van der Waals surface area contributed by atoms with Gasteiger partial charge in [-0.3, -0.25) is 4.79 Å². The molecule has 0 amide bonds. The van der Waals surface area contributed by atoms with Gasteiger partial charge in [0.05, 0.1) is 6.42 Å². The summed E-state index contributed by atoms with van der Waals surface area (Å²) in [5.41, 5.74) is 0.106. The number of allylic oxidation sites excluding steroid dienone is 3. The van der Waals surface area contributed by atoms with Crippen LogP contribution in [0.1, 0.15) is 71.3 Å². The maximum absolute atomic E-state index is 11.0. The number of carbonyl (C=O) groups is 1. The Balaban J connectivity index is 1.62. The fourth-order valence-corrected chi connectivity index (χ4v) is 4.00. The van der Waals surface area contributed by atoms with Gasteiger partial charge >= 0.3 is 5.97 Å². The summed E-state index contributed by atoms with van der Waals surface area (Å²) in [6, 6.07) is 10.4. The molecular weight excluding hydrogens is 352 g/mol. The van der Waals surface area contributed by atoms with Gasteiger partial charge in [-0.2, -0.15) is 0 Å². The summed E-state index contributed by atoms with van der Waals surface area (Å²) in [6.07, 6.45) is 14.6. The molecule has 28 heavy (non-hydrogen) atoms. The first-order chi connectivity index (χ1) is 13.3. The largest absolute Gasteiger partial charge is 0.481 e. The summed E-state index contributed by atoms with van der Waals surface area (Å²) < 4.78 is 0. The van der Waals surface area contributed by atoms with Crippen LogP contribution >= 0.6 is 0 Å². The Morgan fingerprint density at radius 1 is 1.07 bits per heavy atom. The number of carboxylic acid groups (broad SMARTS) is 1. The van der Waals surface area contributed by atoms with Crippen molar-refractivity contribution in [3.8, 4) is 0 Å². The molecule has 4 heteroatoms. The zero-order valence-electron chi connectivity index (χ0n) is 17.4. The average Bonchev–Trinajstić information content (AvgIpc) is 2.91. The lowest BCUT2D eigenvalue weighted by Gasteiger charge is -2.25. The van der Waals surface area contributed by atoms with E-state index >= 15 is 0 Å². The van der Waals surface area contributed by atoms with Crippen molar-refractivity contribution in [2.75, 3.05) is 0 Å². The lowest BCUT2D eigenvalue weighted by molar-refractivity contribution is -0.346. The third-order valence-electron chi connectivity index (χ3n) is 5.10. The SMILES string of the molecule is C[C@@H](CC/C=C/CC/C=C/c1ccccc1)C[C@]1(C)C[C@@](C)(CC(=O)O)OO1. The Labute approximate surface area is 169 Å². The molecule has 3 atom stereocenters. The molecule has 0 aromatic heterocycles. The number of hydrogen-bond acceptors (Lipinski definition) is 3. The van der Waals surface area contributed by atoms with E-state index in [9.17, 15) is 4.79 Å². The Bertz CT molecular complexity index is 666. The number of hydrogen-bond donors (Lipinski definition) is 1. The highest BCUT2D eigenvalue weighted by molar-refractivity contribution is 5.68. The van der Waals surface area contributed by atoms with Gasteiger partial charge < -0.3 is 5.11 Å². The summed E-state index contributed by atoms with van der Waals surface area (Å²) in [7, 11) is 0. The van der Waals surface area contributed by atoms with Crippen LogP contribution in [0.15, 0.2) is 48.6 Å². The molecule has 0 unspecified atom stereocenters. The monoisotopic (exact) mass is 386 g/mol. The van der Waals surface area contributed by atoms with E-state index in [1.54, 1.807) is 0 Å². The molecule has 0 bridgehead atoms. The van der Waals surface area contributed by atoms with Crippen LogP contribution in [0.4, 0.5) is 0 Å². The second-order valence-electron chi connectivity index (χ2n) is 8.56. The van der Waals surface area contributed by atoms with Gasteiger partial charge in [0.2, 0.25) is 0 Å². The first-order valence-electron chi connectivity index (χ1n) is 10.3. The Kier molecular flexibility index (Phi) is 8.46. The van der Waals surface area contributed by atoms with Gasteiger partial charge in [-0.15, -0.1) is 0 Å². The van der Waals surface area contributed by atoms with Crippen LogP contribution in [-0.2, 0) is 14.6 Å². The summed E-state index contributed by atoms with van der Waals surface area (Å²) in [4.78, 5) is 21.9. The van der Waals surface area contributed by atoms with E-state index < -0.39 is 17.2 Å². The number of benzene rings is 1. The molecule has 0 aliphatic carbocycles. The molecule has 1 N–H and O–H groups in total. The molecule has 2 rings (SSSR count). The normalized spacial score (nSPS) is 26.2. The molecular formula is C24H34O4. The van der Waals surface area contributed by atoms with E-state index in [1.165, 1.54) is 5.56 Å². The standard InChI is InChI=1S/C24H34O4/c1-20(17-23(2)19-24(3,28-27-23)18-22(25)26)13-9-6-4-5-7-10-14-21-15-11-8-12-16-21/h4,6,8,10-12,14-16,20H,5,7,9,13,17-19H2,1-3H3,(H,25,26)/b6-4+,14-10+/t20-,23+,24+/m0/s1. The van der Waals surface area contributed by atoms with Gasteiger partial charge in [0, 0.05) is 6.42 Å². The maximum Gasteiger partial charge on any atom is 0.306 e. The third-order valence-corrected chi connectivity index (χ3v) is 5.10. The van der Waals surface area contributed by atoms with Gasteiger partial charge in [-0.1, -0.05) is 61.6 Å². The third kappa shape index (κ3) is 7.99. The molecule has 0 saturated carbocycles. The van der Waals surface area contributed by atoms with Crippen LogP contribution in [0.2, 0.25) is 0 Å². The Morgan fingerprint density at radius 2 is 1.71 bits per heavy atom. The van der Waals surface area contributed by atoms with E-state index in [0.29, 0.717) is 12.3 Å². The molecule has 154 valence electrons. The quantitative estimate of drug-likeness (QED) is 0.280. The van der Waals surface area contributed by atoms with Crippen LogP contribution < -0.4 is 0 Å². The maximum atomic E-state index is 11.0. The summed E-state index contributed by atoms with van der Waals surface area (Å²) in [5.74, 6) is -0.365. The van der Waals surface area contributed by atoms with Gasteiger partial charge in [0.15, 0.2) is 0 Å². The smallest absolute Gasteiger partial charge is 0.306 e. The molecule has 1 saturated heterocycles. The van der Waals surface area contributed by atoms with Crippen molar-refractivity contribution in [3.63, 3.8) is 0 Å². The topological polar surface area (TPSA) is 55.8 Å².